The zero-order valence-corrected chi connectivity index (χ0v) is 21.6. The fraction of sp³-hybridized carbons (Fsp3) is 0.448. The van der Waals surface area contributed by atoms with Crippen molar-refractivity contribution in [2.24, 2.45) is 0 Å². The van der Waals surface area contributed by atoms with Crippen LogP contribution >= 0.6 is 0 Å². The van der Waals surface area contributed by atoms with Gasteiger partial charge in [0.25, 0.3) is 23.6 Å². The molecule has 0 saturated heterocycles. The molecule has 0 radical (unpaired) electrons. The molecule has 8 nitrogen and oxygen atoms in total. The minimum absolute atomic E-state index is 0.180. The fourth-order valence-electron chi connectivity index (χ4n) is 4.88. The molecule has 8 heteroatoms. The average Bonchev–Trinajstić information content (AvgIpc) is 3.28. The average molecular weight is 505 g/mol. The summed E-state index contributed by atoms with van der Waals surface area (Å²) in [6.07, 6.45) is 5.95. The molecule has 0 unspecified atom stereocenters. The zero-order chi connectivity index (χ0) is 26.2. The first-order chi connectivity index (χ1) is 18.0. The lowest BCUT2D eigenvalue weighted by Crippen LogP contribution is -2.32. The van der Waals surface area contributed by atoms with Crippen molar-refractivity contribution in [2.75, 3.05) is 39.3 Å². The van der Waals surface area contributed by atoms with Gasteiger partial charge in [-0.2, -0.15) is 0 Å². The van der Waals surface area contributed by atoms with Crippen LogP contribution in [0.25, 0.3) is 0 Å². The van der Waals surface area contributed by atoms with Crippen molar-refractivity contribution in [3.63, 3.8) is 0 Å². The van der Waals surface area contributed by atoms with Crippen LogP contribution in [0.4, 0.5) is 0 Å². The fourth-order valence-corrected chi connectivity index (χ4v) is 4.88. The zero-order valence-electron chi connectivity index (χ0n) is 21.6. The third kappa shape index (κ3) is 6.32. The molecule has 0 saturated carbocycles. The topological polar surface area (TPSA) is 98.8 Å². The van der Waals surface area contributed by atoms with Crippen LogP contribution in [0.5, 0.6) is 0 Å². The highest BCUT2D eigenvalue weighted by atomic mass is 16.2. The molecular weight excluding hydrogens is 468 g/mol. The van der Waals surface area contributed by atoms with Gasteiger partial charge < -0.3 is 10.6 Å². The highest BCUT2D eigenvalue weighted by molar-refractivity contribution is 6.22. The number of rotatable bonds is 15. The van der Waals surface area contributed by atoms with Crippen LogP contribution in [0.1, 0.15) is 85.5 Å². The summed E-state index contributed by atoms with van der Waals surface area (Å²) in [6.45, 7) is 6.22. The van der Waals surface area contributed by atoms with Crippen molar-refractivity contribution in [1.82, 2.24) is 20.4 Å². The maximum atomic E-state index is 12.5. The van der Waals surface area contributed by atoms with E-state index in [9.17, 15) is 19.2 Å². The molecule has 0 atom stereocenters. The summed E-state index contributed by atoms with van der Waals surface area (Å²) in [5.74, 6) is -0.737. The van der Waals surface area contributed by atoms with E-state index in [1.165, 1.54) is 9.80 Å². The number of carbonyl (C=O) groups excluding carboxylic acids is 4. The maximum absolute atomic E-state index is 12.5. The summed E-state index contributed by atoms with van der Waals surface area (Å²) in [7, 11) is 0. The quantitative estimate of drug-likeness (QED) is 0.285. The molecule has 37 heavy (non-hydrogen) atoms. The number of nitrogens with one attached hydrogen (secondary N) is 2. The van der Waals surface area contributed by atoms with Crippen molar-refractivity contribution >= 4 is 23.6 Å². The number of imide groups is 2. The number of unbranched alkanes of at least 4 members (excludes halogenated alkanes) is 3. The Bertz CT molecular complexity index is 1130. The van der Waals surface area contributed by atoms with Crippen molar-refractivity contribution < 1.29 is 19.2 Å². The summed E-state index contributed by atoms with van der Waals surface area (Å²) in [6, 6.07) is 12.4. The molecule has 2 aliphatic heterocycles. The number of amides is 4. The third-order valence-corrected chi connectivity index (χ3v) is 6.93. The second-order valence-corrected chi connectivity index (χ2v) is 9.74. The molecule has 2 aliphatic rings. The Balaban J connectivity index is 0.964. The van der Waals surface area contributed by atoms with Crippen molar-refractivity contribution in [2.45, 2.75) is 45.4 Å². The van der Waals surface area contributed by atoms with Gasteiger partial charge in [0.15, 0.2) is 0 Å². The van der Waals surface area contributed by atoms with Crippen LogP contribution in [-0.2, 0) is 0 Å². The smallest absolute Gasteiger partial charge is 0.261 e. The van der Waals surface area contributed by atoms with Crippen molar-refractivity contribution in [3.8, 4) is 0 Å². The molecule has 2 N–H and O–H groups in total. The predicted octanol–water partition coefficient (Wildman–Crippen LogP) is 3.41. The highest BCUT2D eigenvalue weighted by Gasteiger charge is 2.35. The van der Waals surface area contributed by atoms with Crippen molar-refractivity contribution in [1.29, 1.82) is 0 Å². The first-order valence-corrected chi connectivity index (χ1v) is 13.3. The van der Waals surface area contributed by atoms with E-state index >= 15 is 0 Å². The number of nitrogens with zero attached hydrogens (tertiary/aromatic N) is 2. The SMILES string of the molecule is Cc1ccc2c(c1)C(=O)N(CCCNCCCCCCNCCCN1C(=O)c3ccccc3C1=O)C2=O. The van der Waals surface area contributed by atoms with E-state index < -0.39 is 0 Å². The van der Waals surface area contributed by atoms with Gasteiger partial charge in [-0.15, -0.1) is 0 Å². The van der Waals surface area contributed by atoms with E-state index in [1.54, 1.807) is 36.4 Å². The molecule has 2 aromatic rings. The molecule has 196 valence electrons. The number of hydrogen-bond acceptors (Lipinski definition) is 6. The minimum atomic E-state index is -0.187. The monoisotopic (exact) mass is 504 g/mol. The highest BCUT2D eigenvalue weighted by Crippen LogP contribution is 2.24. The first kappa shape index (κ1) is 26.7. The largest absolute Gasteiger partial charge is 0.317 e. The van der Waals surface area contributed by atoms with E-state index in [2.05, 4.69) is 10.6 Å². The van der Waals surface area contributed by atoms with Crippen LogP contribution in [-0.4, -0.2) is 72.7 Å². The second kappa shape index (κ2) is 12.7. The Hall–Kier alpha value is -3.36. The lowest BCUT2D eigenvalue weighted by atomic mass is 10.1. The Morgan fingerprint density at radius 1 is 0.541 bits per heavy atom. The molecule has 0 aromatic heterocycles. The van der Waals surface area contributed by atoms with Gasteiger partial charge in [0.2, 0.25) is 0 Å². The van der Waals surface area contributed by atoms with Gasteiger partial charge in [0.05, 0.1) is 22.3 Å². The summed E-state index contributed by atoms with van der Waals surface area (Å²) >= 11 is 0. The van der Waals surface area contributed by atoms with Gasteiger partial charge in [0.1, 0.15) is 0 Å². The molecule has 4 rings (SSSR count). The summed E-state index contributed by atoms with van der Waals surface area (Å²) in [4.78, 5) is 52.3. The van der Waals surface area contributed by atoms with E-state index in [-0.39, 0.29) is 23.6 Å². The van der Waals surface area contributed by atoms with Crippen LogP contribution in [0.15, 0.2) is 42.5 Å². The minimum Gasteiger partial charge on any atom is -0.317 e. The molecule has 4 amide bonds. The number of hydrogen-bond donors (Lipinski definition) is 2. The van der Waals surface area contributed by atoms with Crippen LogP contribution in [0, 0.1) is 6.92 Å². The van der Waals surface area contributed by atoms with Crippen LogP contribution < -0.4 is 10.6 Å². The van der Waals surface area contributed by atoms with E-state index in [0.717, 1.165) is 70.3 Å². The normalized spacial score (nSPS) is 14.6. The van der Waals surface area contributed by atoms with Gasteiger partial charge in [-0.05, 0) is 83.1 Å². The molecular formula is C29H36N4O4. The van der Waals surface area contributed by atoms with E-state index in [0.29, 0.717) is 35.3 Å². The maximum Gasteiger partial charge on any atom is 0.261 e. The number of aryl methyl sites for hydroxylation is 1. The Morgan fingerprint density at radius 3 is 1.49 bits per heavy atom. The van der Waals surface area contributed by atoms with Gasteiger partial charge in [-0.1, -0.05) is 36.6 Å². The summed E-state index contributed by atoms with van der Waals surface area (Å²) in [5.41, 5.74) is 3.04. The number of fused-ring (bicyclic) bond motifs is 2. The number of carbonyl (C=O) groups is 4. The van der Waals surface area contributed by atoms with Crippen LogP contribution in [0.2, 0.25) is 0 Å². The third-order valence-electron chi connectivity index (χ3n) is 6.93. The Kier molecular flexibility index (Phi) is 9.19. The van der Waals surface area contributed by atoms with Gasteiger partial charge in [-0.25, -0.2) is 0 Å². The summed E-state index contributed by atoms with van der Waals surface area (Å²) in [5, 5.41) is 6.80. The van der Waals surface area contributed by atoms with Crippen LogP contribution in [0.3, 0.4) is 0 Å². The molecule has 2 aromatic carbocycles. The lowest BCUT2D eigenvalue weighted by molar-refractivity contribution is 0.0637. The Labute approximate surface area is 218 Å². The molecule has 2 heterocycles. The van der Waals surface area contributed by atoms with E-state index in [4.69, 9.17) is 0 Å². The van der Waals surface area contributed by atoms with Gasteiger partial charge in [-0.3, -0.25) is 29.0 Å². The molecule has 0 fully saturated rings. The molecule has 0 bridgehead atoms. The lowest BCUT2D eigenvalue weighted by Gasteiger charge is -2.14. The molecule has 0 spiro atoms. The molecule has 0 aliphatic carbocycles. The second-order valence-electron chi connectivity index (χ2n) is 9.74. The number of benzene rings is 2. The summed E-state index contributed by atoms with van der Waals surface area (Å²) < 4.78 is 0. The van der Waals surface area contributed by atoms with Gasteiger partial charge in [0, 0.05) is 13.1 Å². The van der Waals surface area contributed by atoms with E-state index in [1.807, 2.05) is 13.0 Å². The van der Waals surface area contributed by atoms with Crippen molar-refractivity contribution in [3.05, 3.63) is 70.3 Å². The Morgan fingerprint density at radius 2 is 0.973 bits per heavy atom. The predicted molar refractivity (Wildman–Crippen MR) is 142 cm³/mol. The first-order valence-electron chi connectivity index (χ1n) is 13.3. The van der Waals surface area contributed by atoms with Gasteiger partial charge >= 0.3 is 0 Å². The standard InChI is InChI=1S/C29H36N4O4/c1-21-12-13-24-25(20-21)29(37)33(28(24)36)19-9-17-31-15-7-3-2-6-14-30-16-8-18-32-26(34)22-10-4-5-11-23(22)27(32)35/h4-5,10-13,20,30-31H,2-3,6-9,14-19H2,1H3.